The predicted molar refractivity (Wildman–Crippen MR) is 90.9 cm³/mol. The minimum atomic E-state index is -10.7. The summed E-state index contributed by atoms with van der Waals surface area (Å²) in [5.41, 5.74) is 7.88. The van der Waals surface area contributed by atoms with Gasteiger partial charge in [0.2, 0.25) is 0 Å². The fourth-order valence-corrected chi connectivity index (χ4v) is 3.85. The number of hydrogen-bond donors (Lipinski definition) is 0. The Labute approximate surface area is 144 Å². The summed E-state index contributed by atoms with van der Waals surface area (Å²) in [5.74, 6) is 0. The van der Waals surface area contributed by atoms with Crippen LogP contribution in [0.1, 0.15) is 49.4 Å². The Hall–Kier alpha value is -1.07. The van der Waals surface area contributed by atoms with Gasteiger partial charge in [-0.2, -0.15) is 0 Å². The number of likely N-dealkylation sites (N-methyl/N-ethyl adjacent to an activating group) is 1. The molecule has 25 heavy (non-hydrogen) atoms. The first kappa shape index (κ1) is 20.2. The van der Waals surface area contributed by atoms with Crippen molar-refractivity contribution in [2.45, 2.75) is 39.2 Å². The van der Waals surface area contributed by atoms with E-state index in [-0.39, 0.29) is 0 Å². The van der Waals surface area contributed by atoms with Crippen molar-refractivity contribution in [3.05, 3.63) is 40.5 Å². The van der Waals surface area contributed by atoms with Crippen LogP contribution in [-0.2, 0) is 6.42 Å². The minimum absolute atomic E-state index is 0.716. The molecule has 1 aliphatic carbocycles. The van der Waals surface area contributed by atoms with Crippen LogP contribution < -0.4 is 0 Å². The average Bonchev–Trinajstić information content (AvgIpc) is 2.39. The monoisotopic (exact) mass is 387 g/mol. The summed E-state index contributed by atoms with van der Waals surface area (Å²) in [6.07, 6.45) is 3.98. The van der Waals surface area contributed by atoms with Crippen molar-refractivity contribution < 1.29 is 29.7 Å². The molecule has 2 aliphatic rings. The summed E-state index contributed by atoms with van der Waals surface area (Å²) in [6.45, 7) is 5.71. The number of allylic oxidation sites excluding steroid dienone is 1. The third-order valence-electron chi connectivity index (χ3n) is 4.79. The third kappa shape index (κ3) is 5.71. The summed E-state index contributed by atoms with van der Waals surface area (Å²) in [6, 6.07) is 7.66. The second-order valence-electron chi connectivity index (χ2n) is 7.66. The van der Waals surface area contributed by atoms with Crippen LogP contribution in [-0.4, -0.2) is 25.1 Å². The maximum absolute atomic E-state index is 10.7. The molecule has 144 valence electrons. The van der Waals surface area contributed by atoms with E-state index < -0.39 is 7.81 Å². The fraction of sp³-hybridized carbons (Fsp3) is 0.529. The van der Waals surface area contributed by atoms with Crippen LogP contribution in [0.4, 0.5) is 25.2 Å². The molecule has 0 N–H and O–H groups in total. The predicted octanol–water partition coefficient (Wildman–Crippen LogP) is 7.33. The summed E-state index contributed by atoms with van der Waals surface area (Å²) >= 11 is 0. The van der Waals surface area contributed by atoms with Crippen LogP contribution in [0.2, 0.25) is 0 Å². The molecular formula is C17H24F6NP. The van der Waals surface area contributed by atoms with Crippen molar-refractivity contribution in [2.24, 2.45) is 0 Å². The topological polar surface area (TPSA) is 0 Å². The molecular weight excluding hydrogens is 363 g/mol. The van der Waals surface area contributed by atoms with Gasteiger partial charge in [0.1, 0.15) is 12.6 Å². The van der Waals surface area contributed by atoms with Crippen LogP contribution in [0.15, 0.2) is 23.8 Å². The van der Waals surface area contributed by atoms with Gasteiger partial charge < -0.3 is 4.48 Å². The molecule has 1 unspecified atom stereocenters. The Kier molecular flexibility index (Phi) is 4.42. The van der Waals surface area contributed by atoms with Crippen LogP contribution in [0.25, 0.3) is 5.57 Å². The number of nitrogens with zero attached hydrogens (tertiary/aromatic N) is 1. The van der Waals surface area contributed by atoms with Gasteiger partial charge in [0.15, 0.2) is 0 Å². The molecule has 1 aliphatic heterocycles. The van der Waals surface area contributed by atoms with Crippen LogP contribution >= 0.6 is 7.81 Å². The fourth-order valence-electron chi connectivity index (χ4n) is 3.85. The van der Waals surface area contributed by atoms with E-state index in [1.165, 1.54) is 31.4 Å². The first-order valence-electron chi connectivity index (χ1n) is 8.13. The second kappa shape index (κ2) is 5.46. The third-order valence-corrected chi connectivity index (χ3v) is 4.79. The first-order valence-corrected chi connectivity index (χ1v) is 10.2. The Balaban J connectivity index is 0.000000277. The molecule has 0 saturated heterocycles. The maximum atomic E-state index is 9.87. The Morgan fingerprint density at radius 3 is 2.12 bits per heavy atom. The summed E-state index contributed by atoms with van der Waals surface area (Å²) < 4.78 is 60.3. The number of rotatable bonds is 0. The van der Waals surface area contributed by atoms with Gasteiger partial charge in [0.05, 0.1) is 14.1 Å². The van der Waals surface area contributed by atoms with Crippen LogP contribution in [0.5, 0.6) is 0 Å². The van der Waals surface area contributed by atoms with Crippen molar-refractivity contribution in [3.8, 4) is 0 Å². The molecule has 0 aromatic heterocycles. The molecule has 0 saturated carbocycles. The summed E-state index contributed by atoms with van der Waals surface area (Å²) in [7, 11) is -5.85. The summed E-state index contributed by atoms with van der Waals surface area (Å²) in [5, 5.41) is 0. The normalized spacial score (nSPS) is 24.2. The van der Waals surface area contributed by atoms with Gasteiger partial charge in [-0.25, -0.2) is 0 Å². The molecule has 0 fully saturated rings. The van der Waals surface area contributed by atoms with Gasteiger partial charge in [0.25, 0.3) is 0 Å². The van der Waals surface area contributed by atoms with Gasteiger partial charge in [-0.1, -0.05) is 23.8 Å². The van der Waals surface area contributed by atoms with E-state index in [9.17, 15) is 25.2 Å². The Morgan fingerprint density at radius 1 is 1.04 bits per heavy atom. The molecule has 0 amide bonds. The van der Waals surface area contributed by atoms with Crippen molar-refractivity contribution in [2.75, 3.05) is 20.6 Å². The molecule has 1 heterocycles. The Bertz CT molecular complexity index is 703. The van der Waals surface area contributed by atoms with E-state index in [1.807, 2.05) is 0 Å². The SMILES string of the molecule is CC(C)=C1C[N+](C)(C)C2CCCc3cccc1c32.F[P-](F)(F)(F)(F)F. The van der Waals surface area contributed by atoms with Gasteiger partial charge in [-0.15, -0.1) is 0 Å². The average molecular weight is 387 g/mol. The van der Waals surface area contributed by atoms with Crippen LogP contribution in [0, 0.1) is 0 Å². The Morgan fingerprint density at radius 2 is 1.60 bits per heavy atom. The van der Waals surface area contributed by atoms with Gasteiger partial charge in [0, 0.05) is 17.6 Å². The van der Waals surface area contributed by atoms with E-state index in [0.29, 0.717) is 6.04 Å². The molecule has 0 bridgehead atoms. The number of halogens is 6. The van der Waals surface area contributed by atoms with Gasteiger partial charge >= 0.3 is 33.0 Å². The van der Waals surface area contributed by atoms with E-state index >= 15 is 0 Å². The van der Waals surface area contributed by atoms with Crippen LogP contribution in [0.3, 0.4) is 0 Å². The zero-order valence-electron chi connectivity index (χ0n) is 14.8. The molecule has 1 atom stereocenters. The van der Waals surface area contributed by atoms with Crippen molar-refractivity contribution in [1.82, 2.24) is 0 Å². The molecule has 3 rings (SSSR count). The number of quaternary nitrogens is 1. The van der Waals surface area contributed by atoms with E-state index in [1.54, 1.807) is 22.3 Å². The van der Waals surface area contributed by atoms with Gasteiger partial charge in [-0.3, -0.25) is 0 Å². The quantitative estimate of drug-likeness (QED) is 0.248. The number of aryl methyl sites for hydroxylation is 1. The van der Waals surface area contributed by atoms with Crippen molar-refractivity contribution >= 4 is 13.4 Å². The van der Waals surface area contributed by atoms with Crippen molar-refractivity contribution in [1.29, 1.82) is 0 Å². The molecule has 1 aromatic rings. The molecule has 0 spiro atoms. The zero-order chi connectivity index (χ0) is 19.3. The standard InChI is InChI=1S/C17H24N.F6P/c1-12(2)15-11-18(3,4)16-10-6-8-13-7-5-9-14(15)17(13)16;1-7(2,3,4,5)6/h5,7,9,16H,6,8,10-11H2,1-4H3;/q+1;-1. The first-order chi connectivity index (χ1) is 11.0. The molecule has 1 aromatic carbocycles. The van der Waals surface area contributed by atoms with E-state index in [4.69, 9.17) is 0 Å². The number of benzene rings is 1. The van der Waals surface area contributed by atoms with Crippen molar-refractivity contribution in [3.63, 3.8) is 0 Å². The van der Waals surface area contributed by atoms with E-state index in [0.717, 1.165) is 4.48 Å². The molecule has 0 radical (unpaired) electrons. The zero-order valence-corrected chi connectivity index (χ0v) is 15.7. The van der Waals surface area contributed by atoms with E-state index in [2.05, 4.69) is 46.1 Å². The molecule has 1 nitrogen and oxygen atoms in total. The molecule has 8 heteroatoms. The summed E-state index contributed by atoms with van der Waals surface area (Å²) in [4.78, 5) is 0. The second-order valence-corrected chi connectivity index (χ2v) is 9.58. The van der Waals surface area contributed by atoms with Gasteiger partial charge in [-0.05, 0) is 37.8 Å². The number of hydrogen-bond acceptors (Lipinski definition) is 0.